The standard InChI is InChI=1S/C16H16N2O4S/c1-10(22-14(19)9-13-3-2-8-23-13)16(21)18-12-6-4-11(5-7-12)15(17)20/h2-8,10H,9H2,1H3,(H2,17,20)(H,18,21)/t10-/m1/s1. The molecule has 1 atom stereocenters. The number of ether oxygens (including phenoxy) is 1. The Balaban J connectivity index is 1.86. The van der Waals surface area contributed by atoms with E-state index in [1.165, 1.54) is 30.4 Å². The quantitative estimate of drug-likeness (QED) is 0.790. The number of primary amides is 1. The molecule has 0 fully saturated rings. The molecule has 0 radical (unpaired) electrons. The third-order valence-corrected chi connectivity index (χ3v) is 3.89. The van der Waals surface area contributed by atoms with E-state index in [1.54, 1.807) is 12.1 Å². The van der Waals surface area contributed by atoms with Crippen molar-refractivity contribution in [2.24, 2.45) is 5.73 Å². The zero-order valence-corrected chi connectivity index (χ0v) is 13.3. The second-order valence-electron chi connectivity index (χ2n) is 4.82. The first-order chi connectivity index (χ1) is 11.0. The van der Waals surface area contributed by atoms with Crippen LogP contribution in [0.15, 0.2) is 41.8 Å². The molecule has 0 bridgehead atoms. The minimum absolute atomic E-state index is 0.141. The first-order valence-corrected chi connectivity index (χ1v) is 7.76. The lowest BCUT2D eigenvalue weighted by molar-refractivity contribution is -0.152. The van der Waals surface area contributed by atoms with Crippen molar-refractivity contribution in [3.63, 3.8) is 0 Å². The van der Waals surface area contributed by atoms with Gasteiger partial charge in [0.25, 0.3) is 5.91 Å². The summed E-state index contributed by atoms with van der Waals surface area (Å²) in [5, 5.41) is 4.48. The molecule has 0 unspecified atom stereocenters. The number of nitrogens with one attached hydrogen (secondary N) is 1. The summed E-state index contributed by atoms with van der Waals surface area (Å²) in [7, 11) is 0. The fraction of sp³-hybridized carbons (Fsp3) is 0.188. The fourth-order valence-corrected chi connectivity index (χ4v) is 2.50. The monoisotopic (exact) mass is 332 g/mol. The molecule has 0 aliphatic carbocycles. The van der Waals surface area contributed by atoms with E-state index in [9.17, 15) is 14.4 Å². The van der Waals surface area contributed by atoms with E-state index in [-0.39, 0.29) is 6.42 Å². The van der Waals surface area contributed by atoms with Crippen molar-refractivity contribution in [2.45, 2.75) is 19.4 Å². The van der Waals surface area contributed by atoms with E-state index in [4.69, 9.17) is 10.5 Å². The lowest BCUT2D eigenvalue weighted by Gasteiger charge is -2.13. The van der Waals surface area contributed by atoms with E-state index in [0.29, 0.717) is 11.3 Å². The number of rotatable bonds is 6. The molecular formula is C16H16N2O4S. The highest BCUT2D eigenvalue weighted by Crippen LogP contribution is 2.12. The first kappa shape index (κ1) is 16.7. The van der Waals surface area contributed by atoms with Crippen molar-refractivity contribution in [3.8, 4) is 0 Å². The molecule has 7 heteroatoms. The number of thiophene rings is 1. The molecule has 23 heavy (non-hydrogen) atoms. The first-order valence-electron chi connectivity index (χ1n) is 6.88. The van der Waals surface area contributed by atoms with E-state index in [2.05, 4.69) is 5.32 Å². The van der Waals surface area contributed by atoms with Crippen molar-refractivity contribution in [3.05, 3.63) is 52.2 Å². The molecule has 0 saturated heterocycles. The Bertz CT molecular complexity index is 695. The average Bonchev–Trinajstić information content (AvgIpc) is 3.00. The molecule has 2 amide bonds. The summed E-state index contributed by atoms with van der Waals surface area (Å²) in [6.45, 7) is 1.50. The van der Waals surface area contributed by atoms with E-state index in [0.717, 1.165) is 4.88 Å². The van der Waals surface area contributed by atoms with Crippen LogP contribution in [-0.4, -0.2) is 23.9 Å². The number of esters is 1. The van der Waals surface area contributed by atoms with Crippen LogP contribution in [0.4, 0.5) is 5.69 Å². The van der Waals surface area contributed by atoms with Crippen LogP contribution in [0.5, 0.6) is 0 Å². The van der Waals surface area contributed by atoms with Crippen molar-refractivity contribution in [2.75, 3.05) is 5.32 Å². The zero-order chi connectivity index (χ0) is 16.8. The molecule has 0 saturated carbocycles. The van der Waals surface area contributed by atoms with Gasteiger partial charge in [-0.25, -0.2) is 0 Å². The van der Waals surface area contributed by atoms with Gasteiger partial charge in [0.05, 0.1) is 6.42 Å². The van der Waals surface area contributed by atoms with Gasteiger partial charge in [0.15, 0.2) is 6.10 Å². The van der Waals surface area contributed by atoms with Crippen LogP contribution in [0.1, 0.15) is 22.2 Å². The summed E-state index contributed by atoms with van der Waals surface area (Å²) in [6, 6.07) is 9.79. The minimum atomic E-state index is -0.918. The lowest BCUT2D eigenvalue weighted by atomic mass is 10.2. The molecule has 6 nitrogen and oxygen atoms in total. The molecule has 1 heterocycles. The molecule has 2 rings (SSSR count). The van der Waals surface area contributed by atoms with E-state index < -0.39 is 23.9 Å². The molecule has 0 aliphatic heterocycles. The van der Waals surface area contributed by atoms with Gasteiger partial charge in [0.2, 0.25) is 5.91 Å². The van der Waals surface area contributed by atoms with Crippen LogP contribution in [0.2, 0.25) is 0 Å². The van der Waals surface area contributed by atoms with Gasteiger partial charge >= 0.3 is 5.97 Å². The molecule has 0 spiro atoms. The largest absolute Gasteiger partial charge is 0.452 e. The maximum absolute atomic E-state index is 12.0. The van der Waals surface area contributed by atoms with Gasteiger partial charge in [-0.05, 0) is 42.6 Å². The Hall–Kier alpha value is -2.67. The maximum atomic E-state index is 12.0. The predicted octanol–water partition coefficient (Wildman–Crippen LogP) is 1.96. The van der Waals surface area contributed by atoms with Gasteiger partial charge in [-0.1, -0.05) is 6.07 Å². The highest BCUT2D eigenvalue weighted by Gasteiger charge is 2.18. The molecule has 0 aliphatic rings. The maximum Gasteiger partial charge on any atom is 0.311 e. The summed E-state index contributed by atoms with van der Waals surface area (Å²) in [5.41, 5.74) is 5.97. The highest BCUT2D eigenvalue weighted by atomic mass is 32.1. The SMILES string of the molecule is C[C@@H](OC(=O)Cc1cccs1)C(=O)Nc1ccc(C(N)=O)cc1. The second-order valence-corrected chi connectivity index (χ2v) is 5.85. The van der Waals surface area contributed by atoms with Gasteiger partial charge in [0, 0.05) is 16.1 Å². The van der Waals surface area contributed by atoms with Crippen LogP contribution in [-0.2, 0) is 20.7 Å². The molecule has 120 valence electrons. The fourth-order valence-electron chi connectivity index (χ4n) is 1.81. The number of anilines is 1. The zero-order valence-electron chi connectivity index (χ0n) is 12.4. The minimum Gasteiger partial charge on any atom is -0.452 e. The van der Waals surface area contributed by atoms with Crippen LogP contribution in [0.25, 0.3) is 0 Å². The van der Waals surface area contributed by atoms with Crippen LogP contribution in [0.3, 0.4) is 0 Å². The Morgan fingerprint density at radius 2 is 1.91 bits per heavy atom. The van der Waals surface area contributed by atoms with Gasteiger partial charge < -0.3 is 15.8 Å². The van der Waals surface area contributed by atoms with Crippen LogP contribution < -0.4 is 11.1 Å². The predicted molar refractivity (Wildman–Crippen MR) is 87.2 cm³/mol. The lowest BCUT2D eigenvalue weighted by Crippen LogP contribution is -2.30. The number of hydrogen-bond acceptors (Lipinski definition) is 5. The second kappa shape index (κ2) is 7.55. The van der Waals surface area contributed by atoms with Gasteiger partial charge in [-0.3, -0.25) is 14.4 Å². The highest BCUT2D eigenvalue weighted by molar-refractivity contribution is 7.10. The Labute approximate surface area is 137 Å². The topological polar surface area (TPSA) is 98.5 Å². The smallest absolute Gasteiger partial charge is 0.311 e. The third kappa shape index (κ3) is 4.93. The number of hydrogen-bond donors (Lipinski definition) is 2. The Morgan fingerprint density at radius 1 is 1.22 bits per heavy atom. The van der Waals surface area contributed by atoms with Gasteiger partial charge in [-0.2, -0.15) is 0 Å². The Kier molecular flexibility index (Phi) is 5.48. The normalized spacial score (nSPS) is 11.5. The summed E-state index contributed by atoms with van der Waals surface area (Å²) in [6.07, 6.45) is -0.777. The van der Waals surface area contributed by atoms with Crippen molar-refractivity contribution >= 4 is 34.8 Å². The number of nitrogens with two attached hydrogens (primary N) is 1. The number of benzene rings is 1. The molecule has 1 aromatic heterocycles. The number of carbonyl (C=O) groups is 3. The Morgan fingerprint density at radius 3 is 2.48 bits per heavy atom. The van der Waals surface area contributed by atoms with Crippen LogP contribution >= 0.6 is 11.3 Å². The molecule has 3 N–H and O–H groups in total. The summed E-state index contributed by atoms with van der Waals surface area (Å²) in [5.74, 6) is -1.45. The number of carbonyl (C=O) groups excluding carboxylic acids is 3. The van der Waals surface area contributed by atoms with E-state index in [1.807, 2.05) is 17.5 Å². The van der Waals surface area contributed by atoms with Crippen molar-refractivity contribution in [1.29, 1.82) is 0 Å². The molecule has 2 aromatic rings. The van der Waals surface area contributed by atoms with Gasteiger partial charge in [0.1, 0.15) is 0 Å². The van der Waals surface area contributed by atoms with E-state index >= 15 is 0 Å². The van der Waals surface area contributed by atoms with Crippen LogP contribution in [0, 0.1) is 0 Å². The summed E-state index contributed by atoms with van der Waals surface area (Å²) in [4.78, 5) is 35.6. The summed E-state index contributed by atoms with van der Waals surface area (Å²) >= 11 is 1.45. The van der Waals surface area contributed by atoms with Gasteiger partial charge in [-0.15, -0.1) is 11.3 Å². The summed E-state index contributed by atoms with van der Waals surface area (Å²) < 4.78 is 5.10. The van der Waals surface area contributed by atoms with Crippen molar-refractivity contribution < 1.29 is 19.1 Å². The van der Waals surface area contributed by atoms with Crippen molar-refractivity contribution in [1.82, 2.24) is 0 Å². The average molecular weight is 332 g/mol. The molecular weight excluding hydrogens is 316 g/mol. The third-order valence-electron chi connectivity index (χ3n) is 3.01. The number of amides is 2. The molecule has 1 aromatic carbocycles.